The van der Waals surface area contributed by atoms with Crippen LogP contribution in [-0.4, -0.2) is 28.6 Å². The van der Waals surface area contributed by atoms with Gasteiger partial charge in [0.2, 0.25) is 0 Å². The number of aromatic carboxylic acids is 1. The van der Waals surface area contributed by atoms with Crippen molar-refractivity contribution in [2.24, 2.45) is 5.92 Å². The van der Waals surface area contributed by atoms with Gasteiger partial charge in [-0.05, 0) is 18.8 Å². The second-order valence-electron chi connectivity index (χ2n) is 5.33. The van der Waals surface area contributed by atoms with Crippen molar-refractivity contribution in [3.63, 3.8) is 0 Å². The highest BCUT2D eigenvalue weighted by atomic mass is 32.1. The monoisotopic (exact) mass is 311 g/mol. The lowest BCUT2D eigenvalue weighted by molar-refractivity contribution is 0.0691. The number of carbonyl (C=O) groups excluding carboxylic acids is 1. The van der Waals surface area contributed by atoms with E-state index in [9.17, 15) is 9.59 Å². The Balaban J connectivity index is 1.57. The van der Waals surface area contributed by atoms with Crippen molar-refractivity contribution in [1.82, 2.24) is 15.6 Å². The molecule has 0 radical (unpaired) electrons. The molecule has 7 heteroatoms. The van der Waals surface area contributed by atoms with Crippen LogP contribution in [0.4, 0.5) is 4.79 Å². The second-order valence-corrected chi connectivity index (χ2v) is 6.28. The number of amides is 2. The minimum Gasteiger partial charge on any atom is -0.476 e. The lowest BCUT2D eigenvalue weighted by Crippen LogP contribution is -2.35. The summed E-state index contributed by atoms with van der Waals surface area (Å²) in [5.41, 5.74) is 0.0220. The zero-order valence-electron chi connectivity index (χ0n) is 11.9. The number of thiazole rings is 1. The first-order valence-electron chi connectivity index (χ1n) is 7.34. The summed E-state index contributed by atoms with van der Waals surface area (Å²) >= 11 is 1.23. The molecule has 2 amide bonds. The van der Waals surface area contributed by atoms with Crippen LogP contribution in [0.25, 0.3) is 0 Å². The van der Waals surface area contributed by atoms with Crippen LogP contribution in [0.1, 0.15) is 54.0 Å². The van der Waals surface area contributed by atoms with E-state index < -0.39 is 5.97 Å². The van der Waals surface area contributed by atoms with E-state index in [0.717, 1.165) is 12.3 Å². The van der Waals surface area contributed by atoms with Crippen LogP contribution in [0, 0.1) is 5.92 Å². The molecule has 0 aromatic carbocycles. The van der Waals surface area contributed by atoms with Crippen LogP contribution in [0.3, 0.4) is 0 Å². The maximum Gasteiger partial charge on any atom is 0.355 e. The highest BCUT2D eigenvalue weighted by Gasteiger charge is 2.14. The number of urea groups is 1. The van der Waals surface area contributed by atoms with E-state index in [-0.39, 0.29) is 18.3 Å². The Morgan fingerprint density at radius 3 is 2.76 bits per heavy atom. The number of carboxylic acid groups (broad SMARTS) is 1. The van der Waals surface area contributed by atoms with Gasteiger partial charge in [0.15, 0.2) is 5.69 Å². The van der Waals surface area contributed by atoms with Gasteiger partial charge in [-0.3, -0.25) is 0 Å². The minimum atomic E-state index is -1.05. The number of carboxylic acids is 1. The van der Waals surface area contributed by atoms with E-state index >= 15 is 0 Å². The highest BCUT2D eigenvalue weighted by molar-refractivity contribution is 7.09. The quantitative estimate of drug-likeness (QED) is 0.675. The normalized spacial score (nSPS) is 15.0. The van der Waals surface area contributed by atoms with E-state index in [2.05, 4.69) is 15.6 Å². The van der Waals surface area contributed by atoms with Crippen LogP contribution in [0.5, 0.6) is 0 Å². The Morgan fingerprint density at radius 2 is 2.10 bits per heavy atom. The smallest absolute Gasteiger partial charge is 0.355 e. The summed E-state index contributed by atoms with van der Waals surface area (Å²) < 4.78 is 0. The molecule has 1 aromatic rings. The van der Waals surface area contributed by atoms with E-state index in [1.165, 1.54) is 48.8 Å². The SMILES string of the molecule is O=C(NCCCC1CCCC1)NCc1nc(C(=O)O)cs1. The zero-order chi connectivity index (χ0) is 15.1. The molecule has 0 aliphatic heterocycles. The number of rotatable bonds is 7. The molecule has 1 fully saturated rings. The predicted octanol–water partition coefficient (Wildman–Crippen LogP) is 2.61. The van der Waals surface area contributed by atoms with Gasteiger partial charge in [0, 0.05) is 11.9 Å². The number of hydrogen-bond acceptors (Lipinski definition) is 4. The van der Waals surface area contributed by atoms with E-state index in [1.807, 2.05) is 0 Å². The molecule has 6 nitrogen and oxygen atoms in total. The molecule has 1 heterocycles. The Bertz CT molecular complexity index is 484. The number of aromatic nitrogens is 1. The fourth-order valence-electron chi connectivity index (χ4n) is 2.60. The number of carbonyl (C=O) groups is 2. The Kier molecular flexibility index (Phi) is 5.98. The van der Waals surface area contributed by atoms with Gasteiger partial charge >= 0.3 is 12.0 Å². The van der Waals surface area contributed by atoms with Crippen molar-refractivity contribution in [3.05, 3.63) is 16.1 Å². The molecule has 3 N–H and O–H groups in total. The van der Waals surface area contributed by atoms with Gasteiger partial charge in [-0.1, -0.05) is 25.7 Å². The minimum absolute atomic E-state index is 0.0220. The van der Waals surface area contributed by atoms with E-state index in [1.54, 1.807) is 0 Å². The van der Waals surface area contributed by atoms with Gasteiger partial charge in [0.25, 0.3) is 0 Å². The van der Waals surface area contributed by atoms with Crippen LogP contribution < -0.4 is 10.6 Å². The maximum absolute atomic E-state index is 11.6. The van der Waals surface area contributed by atoms with Crippen LogP contribution in [-0.2, 0) is 6.54 Å². The molecule has 0 bridgehead atoms. The van der Waals surface area contributed by atoms with Crippen molar-refractivity contribution < 1.29 is 14.7 Å². The third kappa shape index (κ3) is 5.34. The number of nitrogens with one attached hydrogen (secondary N) is 2. The average Bonchev–Trinajstić information content (AvgIpc) is 3.12. The van der Waals surface area contributed by atoms with Crippen LogP contribution in [0.15, 0.2) is 5.38 Å². The molecule has 1 saturated carbocycles. The molecule has 21 heavy (non-hydrogen) atoms. The van der Waals surface area contributed by atoms with Crippen molar-refractivity contribution in [2.45, 2.75) is 45.1 Å². The maximum atomic E-state index is 11.6. The highest BCUT2D eigenvalue weighted by Crippen LogP contribution is 2.28. The molecule has 0 atom stereocenters. The molecule has 0 saturated heterocycles. The summed E-state index contributed by atoms with van der Waals surface area (Å²) in [4.78, 5) is 26.2. The largest absolute Gasteiger partial charge is 0.476 e. The van der Waals surface area contributed by atoms with Crippen LogP contribution in [0.2, 0.25) is 0 Å². The van der Waals surface area contributed by atoms with Gasteiger partial charge in [-0.15, -0.1) is 11.3 Å². The lowest BCUT2D eigenvalue weighted by Gasteiger charge is -2.09. The lowest BCUT2D eigenvalue weighted by atomic mass is 10.0. The van der Waals surface area contributed by atoms with Crippen molar-refractivity contribution >= 4 is 23.3 Å². The molecule has 1 aliphatic carbocycles. The summed E-state index contributed by atoms with van der Waals surface area (Å²) in [7, 11) is 0. The first-order valence-corrected chi connectivity index (χ1v) is 8.22. The first kappa shape index (κ1) is 15.8. The zero-order valence-corrected chi connectivity index (χ0v) is 12.7. The van der Waals surface area contributed by atoms with Gasteiger partial charge in [0.1, 0.15) is 5.01 Å². The fourth-order valence-corrected chi connectivity index (χ4v) is 3.31. The molecule has 0 unspecified atom stereocenters. The average molecular weight is 311 g/mol. The van der Waals surface area contributed by atoms with Gasteiger partial charge < -0.3 is 15.7 Å². The molecular weight excluding hydrogens is 290 g/mol. The molecule has 1 aliphatic rings. The van der Waals surface area contributed by atoms with Crippen molar-refractivity contribution in [2.75, 3.05) is 6.54 Å². The Morgan fingerprint density at radius 1 is 1.33 bits per heavy atom. The summed E-state index contributed by atoms with van der Waals surface area (Å²) in [6.45, 7) is 0.937. The Labute approximate surface area is 128 Å². The molecule has 0 spiro atoms. The number of hydrogen-bond donors (Lipinski definition) is 3. The Hall–Kier alpha value is -1.63. The van der Waals surface area contributed by atoms with Crippen LogP contribution >= 0.6 is 11.3 Å². The molecular formula is C14H21N3O3S. The standard InChI is InChI=1S/C14H21N3O3S/c18-13(19)11-9-21-12(17-11)8-16-14(20)15-7-3-6-10-4-1-2-5-10/h9-10H,1-8H2,(H,18,19)(H2,15,16,20). The molecule has 1 aromatic heterocycles. The topological polar surface area (TPSA) is 91.3 Å². The number of nitrogens with zero attached hydrogens (tertiary/aromatic N) is 1. The van der Waals surface area contributed by atoms with Crippen molar-refractivity contribution in [1.29, 1.82) is 0 Å². The second kappa shape index (κ2) is 7.97. The first-order chi connectivity index (χ1) is 10.1. The van der Waals surface area contributed by atoms with Gasteiger partial charge in [-0.25, -0.2) is 14.6 Å². The summed E-state index contributed by atoms with van der Waals surface area (Å²) in [5.74, 6) is -0.200. The summed E-state index contributed by atoms with van der Waals surface area (Å²) in [5, 5.41) is 16.3. The summed E-state index contributed by atoms with van der Waals surface area (Å²) in [6.07, 6.45) is 7.58. The fraction of sp³-hybridized carbons (Fsp3) is 0.643. The third-order valence-electron chi connectivity index (χ3n) is 3.72. The van der Waals surface area contributed by atoms with E-state index in [4.69, 9.17) is 5.11 Å². The van der Waals surface area contributed by atoms with Gasteiger partial charge in [-0.2, -0.15) is 0 Å². The van der Waals surface area contributed by atoms with E-state index in [0.29, 0.717) is 11.6 Å². The molecule has 2 rings (SSSR count). The third-order valence-corrected chi connectivity index (χ3v) is 4.57. The predicted molar refractivity (Wildman–Crippen MR) is 80.5 cm³/mol. The van der Waals surface area contributed by atoms with Gasteiger partial charge in [0.05, 0.1) is 6.54 Å². The summed E-state index contributed by atoms with van der Waals surface area (Å²) in [6, 6.07) is -0.228. The van der Waals surface area contributed by atoms with Crippen molar-refractivity contribution in [3.8, 4) is 0 Å². The molecule has 116 valence electrons.